The molecular weight excluding hydrogens is 370 g/mol. The van der Waals surface area contributed by atoms with Crippen molar-refractivity contribution < 1.29 is 9.53 Å². The van der Waals surface area contributed by atoms with E-state index in [1.165, 1.54) is 16.9 Å². The molecule has 0 aliphatic rings. The fourth-order valence-corrected chi connectivity index (χ4v) is 3.77. The van der Waals surface area contributed by atoms with Crippen molar-refractivity contribution in [2.45, 2.75) is 46.3 Å². The number of aromatic nitrogens is 2. The third-order valence-corrected chi connectivity index (χ3v) is 5.89. The van der Waals surface area contributed by atoms with Crippen molar-refractivity contribution in [2.24, 2.45) is 7.05 Å². The molecule has 3 aromatic rings. The molecule has 0 radical (unpaired) electrons. The Hall–Kier alpha value is -2.60. The van der Waals surface area contributed by atoms with Crippen LogP contribution >= 0.6 is 11.3 Å². The molecule has 1 N–H and O–H groups in total. The smallest absolute Gasteiger partial charge is 0.261 e. The third kappa shape index (κ3) is 4.62. The predicted molar refractivity (Wildman–Crippen MR) is 113 cm³/mol. The minimum atomic E-state index is -0.0949. The second kappa shape index (κ2) is 8.61. The van der Waals surface area contributed by atoms with E-state index in [1.807, 2.05) is 49.2 Å². The Bertz CT molecular complexity index is 941. The standard InChI is InChI=1S/C22H27N3O2S/c1-14(2)18-6-8-19(9-7-18)27-12-17-10-21(28-13-17)22(26)24-15(3)20-11-23-25(5)16(20)4/h6-11,13-15H,12H2,1-5H3,(H,24,26). The summed E-state index contributed by atoms with van der Waals surface area (Å²) in [5.74, 6) is 1.26. The maximum absolute atomic E-state index is 12.6. The van der Waals surface area contributed by atoms with Gasteiger partial charge in [-0.3, -0.25) is 9.48 Å². The molecule has 0 fully saturated rings. The summed E-state index contributed by atoms with van der Waals surface area (Å²) in [6.45, 7) is 8.76. The largest absolute Gasteiger partial charge is 0.489 e. The van der Waals surface area contributed by atoms with Gasteiger partial charge in [-0.25, -0.2) is 0 Å². The van der Waals surface area contributed by atoms with Gasteiger partial charge in [0, 0.05) is 23.9 Å². The molecule has 1 aromatic carbocycles. The first-order valence-corrected chi connectivity index (χ1v) is 10.3. The van der Waals surface area contributed by atoms with Crippen LogP contribution in [0.5, 0.6) is 5.75 Å². The quantitative estimate of drug-likeness (QED) is 0.611. The topological polar surface area (TPSA) is 56.1 Å². The zero-order chi connectivity index (χ0) is 20.3. The highest BCUT2D eigenvalue weighted by Gasteiger charge is 2.17. The molecular formula is C22H27N3O2S. The summed E-state index contributed by atoms with van der Waals surface area (Å²) in [5.41, 5.74) is 4.37. The number of hydrogen-bond donors (Lipinski definition) is 1. The van der Waals surface area contributed by atoms with Gasteiger partial charge in [-0.05, 0) is 48.9 Å². The molecule has 1 amide bonds. The first-order chi connectivity index (χ1) is 13.3. The molecule has 3 rings (SSSR count). The third-order valence-electron chi connectivity index (χ3n) is 4.92. The van der Waals surface area contributed by atoms with Crippen LogP contribution in [0.4, 0.5) is 0 Å². The molecule has 1 unspecified atom stereocenters. The van der Waals surface area contributed by atoms with Gasteiger partial charge in [0.15, 0.2) is 0 Å². The van der Waals surface area contributed by atoms with E-state index in [0.29, 0.717) is 17.4 Å². The summed E-state index contributed by atoms with van der Waals surface area (Å²) in [6.07, 6.45) is 1.80. The van der Waals surface area contributed by atoms with Gasteiger partial charge < -0.3 is 10.1 Å². The van der Waals surface area contributed by atoms with Gasteiger partial charge in [0.05, 0.1) is 17.1 Å². The molecule has 28 heavy (non-hydrogen) atoms. The second-order valence-electron chi connectivity index (χ2n) is 7.34. The lowest BCUT2D eigenvalue weighted by molar-refractivity contribution is 0.0944. The number of aryl methyl sites for hydroxylation is 1. The summed E-state index contributed by atoms with van der Waals surface area (Å²) in [5, 5.41) is 9.26. The second-order valence-corrected chi connectivity index (χ2v) is 8.25. The number of hydrogen-bond acceptors (Lipinski definition) is 4. The van der Waals surface area contributed by atoms with Crippen LogP contribution in [0.15, 0.2) is 41.9 Å². The number of thiophene rings is 1. The van der Waals surface area contributed by atoms with Crippen LogP contribution in [-0.4, -0.2) is 15.7 Å². The van der Waals surface area contributed by atoms with Crippen molar-refractivity contribution in [1.29, 1.82) is 0 Å². The zero-order valence-corrected chi connectivity index (χ0v) is 17.8. The Labute approximate surface area is 170 Å². The van der Waals surface area contributed by atoms with Crippen LogP contribution in [0.1, 0.15) is 64.8 Å². The predicted octanol–water partition coefficient (Wildman–Crippen LogP) is 4.98. The van der Waals surface area contributed by atoms with E-state index in [-0.39, 0.29) is 11.9 Å². The molecule has 148 valence electrons. The van der Waals surface area contributed by atoms with E-state index in [2.05, 4.69) is 36.4 Å². The molecule has 0 saturated carbocycles. The first kappa shape index (κ1) is 20.1. The van der Waals surface area contributed by atoms with Gasteiger partial charge in [-0.2, -0.15) is 5.10 Å². The molecule has 2 aromatic heterocycles. The van der Waals surface area contributed by atoms with Crippen LogP contribution in [0.3, 0.4) is 0 Å². The number of benzene rings is 1. The number of nitrogens with zero attached hydrogens (tertiary/aromatic N) is 2. The molecule has 0 aliphatic heterocycles. The number of ether oxygens (including phenoxy) is 1. The van der Waals surface area contributed by atoms with E-state index < -0.39 is 0 Å². The fraction of sp³-hybridized carbons (Fsp3) is 0.364. The summed E-state index contributed by atoms with van der Waals surface area (Å²) in [6, 6.07) is 9.97. The van der Waals surface area contributed by atoms with Crippen molar-refractivity contribution in [1.82, 2.24) is 15.1 Å². The summed E-state index contributed by atoms with van der Waals surface area (Å²) >= 11 is 1.43. The molecule has 0 aliphatic carbocycles. The highest BCUT2D eigenvalue weighted by Crippen LogP contribution is 2.22. The number of amides is 1. The maximum atomic E-state index is 12.6. The summed E-state index contributed by atoms with van der Waals surface area (Å²) < 4.78 is 7.66. The lowest BCUT2D eigenvalue weighted by atomic mass is 10.0. The van der Waals surface area contributed by atoms with Crippen molar-refractivity contribution in [2.75, 3.05) is 0 Å². The average Bonchev–Trinajstić information content (AvgIpc) is 3.28. The number of carbonyl (C=O) groups is 1. The maximum Gasteiger partial charge on any atom is 0.261 e. The molecule has 6 heteroatoms. The Morgan fingerprint density at radius 2 is 1.96 bits per heavy atom. The molecule has 2 heterocycles. The van der Waals surface area contributed by atoms with Gasteiger partial charge in [0.2, 0.25) is 0 Å². The van der Waals surface area contributed by atoms with Gasteiger partial charge in [-0.1, -0.05) is 26.0 Å². The zero-order valence-electron chi connectivity index (χ0n) is 17.0. The van der Waals surface area contributed by atoms with Crippen molar-refractivity contribution in [3.63, 3.8) is 0 Å². The van der Waals surface area contributed by atoms with Crippen LogP contribution < -0.4 is 10.1 Å². The van der Waals surface area contributed by atoms with Gasteiger partial charge in [0.25, 0.3) is 5.91 Å². The van der Waals surface area contributed by atoms with E-state index >= 15 is 0 Å². The minimum absolute atomic E-state index is 0.0757. The number of rotatable bonds is 7. The van der Waals surface area contributed by atoms with Crippen LogP contribution in [0, 0.1) is 6.92 Å². The van der Waals surface area contributed by atoms with Crippen LogP contribution in [0.2, 0.25) is 0 Å². The highest BCUT2D eigenvalue weighted by molar-refractivity contribution is 7.12. The average molecular weight is 398 g/mol. The first-order valence-electron chi connectivity index (χ1n) is 9.44. The SMILES string of the molecule is Cc1c(C(C)NC(=O)c2cc(COc3ccc(C(C)C)cc3)cs2)cnn1C. The van der Waals surface area contributed by atoms with E-state index in [9.17, 15) is 4.79 Å². The normalized spacial score (nSPS) is 12.2. The Morgan fingerprint density at radius 1 is 1.25 bits per heavy atom. The fourth-order valence-electron chi connectivity index (χ4n) is 2.97. The number of nitrogens with one attached hydrogen (secondary N) is 1. The molecule has 1 atom stereocenters. The lowest BCUT2D eigenvalue weighted by Gasteiger charge is -2.13. The van der Waals surface area contributed by atoms with Crippen molar-refractivity contribution in [3.8, 4) is 5.75 Å². The Kier molecular flexibility index (Phi) is 6.19. The highest BCUT2D eigenvalue weighted by atomic mass is 32.1. The lowest BCUT2D eigenvalue weighted by Crippen LogP contribution is -2.26. The van der Waals surface area contributed by atoms with Crippen LogP contribution in [0.25, 0.3) is 0 Å². The monoisotopic (exact) mass is 397 g/mol. The van der Waals surface area contributed by atoms with E-state index in [1.54, 1.807) is 6.20 Å². The summed E-state index contributed by atoms with van der Waals surface area (Å²) in [7, 11) is 1.90. The Morgan fingerprint density at radius 3 is 2.57 bits per heavy atom. The molecule has 5 nitrogen and oxygen atoms in total. The van der Waals surface area contributed by atoms with Crippen LogP contribution in [-0.2, 0) is 13.7 Å². The summed E-state index contributed by atoms with van der Waals surface area (Å²) in [4.78, 5) is 13.2. The minimum Gasteiger partial charge on any atom is -0.489 e. The molecule has 0 saturated heterocycles. The Balaban J connectivity index is 1.57. The molecule has 0 spiro atoms. The van der Waals surface area contributed by atoms with E-state index in [4.69, 9.17) is 4.74 Å². The molecule has 0 bridgehead atoms. The van der Waals surface area contributed by atoms with Gasteiger partial charge >= 0.3 is 0 Å². The number of carbonyl (C=O) groups excluding carboxylic acids is 1. The van der Waals surface area contributed by atoms with Crippen molar-refractivity contribution in [3.05, 3.63) is 69.2 Å². The van der Waals surface area contributed by atoms with Crippen molar-refractivity contribution >= 4 is 17.2 Å². The van der Waals surface area contributed by atoms with Gasteiger partial charge in [0.1, 0.15) is 12.4 Å². The van der Waals surface area contributed by atoms with E-state index in [0.717, 1.165) is 22.6 Å². The van der Waals surface area contributed by atoms with Gasteiger partial charge in [-0.15, -0.1) is 11.3 Å².